The Labute approximate surface area is 125 Å². The Morgan fingerprint density at radius 1 is 1.14 bits per heavy atom. The molecule has 0 saturated heterocycles. The average molecular weight is 313 g/mol. The number of ether oxygens (including phenoxy) is 1. The van der Waals surface area contributed by atoms with Crippen LogP contribution in [0.2, 0.25) is 0 Å². The Morgan fingerprint density at radius 3 is 2.48 bits per heavy atom. The summed E-state index contributed by atoms with van der Waals surface area (Å²) >= 11 is 1.46. The summed E-state index contributed by atoms with van der Waals surface area (Å²) in [6.45, 7) is -0.170. The van der Waals surface area contributed by atoms with Gasteiger partial charge in [0.05, 0.1) is 5.56 Å². The molecule has 0 aromatic heterocycles. The second kappa shape index (κ2) is 6.41. The smallest absolute Gasteiger partial charge is 0.416 e. The van der Waals surface area contributed by atoms with Crippen LogP contribution < -0.4 is 10.5 Å². The standard InChI is InChI=1S/C15H14F3NOS/c1-21-14-5-3-2-4-13(14)20-11-7-6-10(9-19)12(8-11)15(16,17)18/h2-8H,9,19H2,1H3. The number of nitrogens with two attached hydrogens (primary N) is 1. The molecule has 0 bridgehead atoms. The van der Waals surface area contributed by atoms with Gasteiger partial charge >= 0.3 is 6.18 Å². The zero-order valence-corrected chi connectivity index (χ0v) is 12.1. The topological polar surface area (TPSA) is 35.2 Å². The van der Waals surface area contributed by atoms with Crippen molar-refractivity contribution >= 4 is 11.8 Å². The van der Waals surface area contributed by atoms with Crippen molar-refractivity contribution in [2.75, 3.05) is 6.26 Å². The van der Waals surface area contributed by atoms with Crippen LogP contribution in [0.3, 0.4) is 0 Å². The van der Waals surface area contributed by atoms with Crippen LogP contribution >= 0.6 is 11.8 Å². The van der Waals surface area contributed by atoms with Gasteiger partial charge in [0.2, 0.25) is 0 Å². The van der Waals surface area contributed by atoms with Crippen molar-refractivity contribution in [2.45, 2.75) is 17.6 Å². The van der Waals surface area contributed by atoms with Gasteiger partial charge in [-0.25, -0.2) is 0 Å². The fourth-order valence-corrected chi connectivity index (χ4v) is 2.42. The number of hydrogen-bond donors (Lipinski definition) is 1. The van der Waals surface area contributed by atoms with Gasteiger partial charge in [0.25, 0.3) is 0 Å². The lowest BCUT2D eigenvalue weighted by Crippen LogP contribution is -2.12. The molecule has 2 N–H and O–H groups in total. The average Bonchev–Trinajstić information content (AvgIpc) is 2.47. The zero-order valence-electron chi connectivity index (χ0n) is 11.3. The minimum atomic E-state index is -4.45. The molecule has 112 valence electrons. The van der Waals surface area contributed by atoms with Gasteiger partial charge in [0.15, 0.2) is 0 Å². The summed E-state index contributed by atoms with van der Waals surface area (Å²) in [7, 11) is 0. The molecule has 6 heteroatoms. The first kappa shape index (κ1) is 15.7. The first-order valence-electron chi connectivity index (χ1n) is 6.16. The first-order valence-corrected chi connectivity index (χ1v) is 7.39. The molecule has 0 spiro atoms. The van der Waals surface area contributed by atoms with E-state index in [1.54, 1.807) is 12.1 Å². The lowest BCUT2D eigenvalue weighted by atomic mass is 10.1. The van der Waals surface area contributed by atoms with Crippen molar-refractivity contribution in [3.63, 3.8) is 0 Å². The Bertz CT molecular complexity index is 629. The van der Waals surface area contributed by atoms with Crippen LogP contribution in [0.4, 0.5) is 13.2 Å². The molecular weight excluding hydrogens is 299 g/mol. The molecule has 0 saturated carbocycles. The molecule has 0 radical (unpaired) electrons. The fraction of sp³-hybridized carbons (Fsp3) is 0.200. The van der Waals surface area contributed by atoms with E-state index in [1.807, 2.05) is 18.4 Å². The number of para-hydroxylation sites is 1. The maximum Gasteiger partial charge on any atom is 0.416 e. The van der Waals surface area contributed by atoms with Gasteiger partial charge in [0.1, 0.15) is 11.5 Å². The van der Waals surface area contributed by atoms with Gasteiger partial charge in [-0.3, -0.25) is 0 Å². The van der Waals surface area contributed by atoms with E-state index >= 15 is 0 Å². The van der Waals surface area contributed by atoms with Crippen molar-refractivity contribution in [2.24, 2.45) is 5.73 Å². The molecule has 2 aromatic rings. The maximum atomic E-state index is 13.0. The molecule has 0 heterocycles. The summed E-state index contributed by atoms with van der Waals surface area (Å²) in [5.74, 6) is 0.666. The number of hydrogen-bond acceptors (Lipinski definition) is 3. The monoisotopic (exact) mass is 313 g/mol. The molecule has 0 atom stereocenters. The van der Waals surface area contributed by atoms with E-state index in [1.165, 1.54) is 23.9 Å². The Hall–Kier alpha value is -1.66. The van der Waals surface area contributed by atoms with E-state index in [4.69, 9.17) is 10.5 Å². The molecule has 0 aliphatic carbocycles. The summed E-state index contributed by atoms with van der Waals surface area (Å²) in [6.07, 6.45) is -2.58. The summed E-state index contributed by atoms with van der Waals surface area (Å²) in [4.78, 5) is 0.856. The van der Waals surface area contributed by atoms with Crippen molar-refractivity contribution < 1.29 is 17.9 Å². The molecule has 0 amide bonds. The largest absolute Gasteiger partial charge is 0.456 e. The number of rotatable bonds is 4. The molecule has 2 nitrogen and oxygen atoms in total. The molecule has 0 aliphatic heterocycles. The van der Waals surface area contributed by atoms with Crippen LogP contribution in [0.25, 0.3) is 0 Å². The minimum Gasteiger partial charge on any atom is -0.456 e. The first-order chi connectivity index (χ1) is 9.95. The van der Waals surface area contributed by atoms with Gasteiger partial charge in [-0.15, -0.1) is 11.8 Å². The van der Waals surface area contributed by atoms with Crippen molar-refractivity contribution in [1.29, 1.82) is 0 Å². The third kappa shape index (κ3) is 3.71. The molecule has 2 rings (SSSR count). The van der Waals surface area contributed by atoms with Crippen LogP contribution in [-0.2, 0) is 12.7 Å². The molecule has 21 heavy (non-hydrogen) atoms. The lowest BCUT2D eigenvalue weighted by molar-refractivity contribution is -0.138. The molecule has 0 fully saturated rings. The quantitative estimate of drug-likeness (QED) is 0.833. The van der Waals surface area contributed by atoms with E-state index in [9.17, 15) is 13.2 Å². The maximum absolute atomic E-state index is 13.0. The van der Waals surface area contributed by atoms with Crippen LogP contribution in [0.1, 0.15) is 11.1 Å². The Balaban J connectivity index is 2.37. The SMILES string of the molecule is CSc1ccccc1Oc1ccc(CN)c(C(F)(F)F)c1. The zero-order chi connectivity index (χ0) is 15.5. The van der Waals surface area contributed by atoms with E-state index in [2.05, 4.69) is 0 Å². The van der Waals surface area contributed by atoms with Crippen molar-refractivity contribution in [3.8, 4) is 11.5 Å². The Morgan fingerprint density at radius 2 is 1.86 bits per heavy atom. The fourth-order valence-electron chi connectivity index (χ4n) is 1.89. The number of benzene rings is 2. The highest BCUT2D eigenvalue weighted by Crippen LogP contribution is 2.37. The van der Waals surface area contributed by atoms with Crippen molar-refractivity contribution in [1.82, 2.24) is 0 Å². The van der Waals surface area contributed by atoms with E-state index in [-0.39, 0.29) is 17.9 Å². The van der Waals surface area contributed by atoms with Gasteiger partial charge < -0.3 is 10.5 Å². The number of alkyl halides is 3. The summed E-state index contributed by atoms with van der Waals surface area (Å²) in [6, 6.07) is 11.0. The lowest BCUT2D eigenvalue weighted by Gasteiger charge is -2.15. The van der Waals surface area contributed by atoms with Crippen LogP contribution in [-0.4, -0.2) is 6.26 Å². The normalized spacial score (nSPS) is 11.5. The van der Waals surface area contributed by atoms with Crippen LogP contribution in [0.5, 0.6) is 11.5 Å². The second-order valence-corrected chi connectivity index (χ2v) is 5.12. The number of halogens is 3. The summed E-state index contributed by atoms with van der Waals surface area (Å²) in [5.41, 5.74) is 4.64. The minimum absolute atomic E-state index is 0.0491. The van der Waals surface area contributed by atoms with E-state index in [0.717, 1.165) is 11.0 Å². The van der Waals surface area contributed by atoms with Crippen LogP contribution in [0, 0.1) is 0 Å². The van der Waals surface area contributed by atoms with E-state index in [0.29, 0.717) is 5.75 Å². The summed E-state index contributed by atoms with van der Waals surface area (Å²) in [5, 5.41) is 0. The predicted molar refractivity (Wildman–Crippen MR) is 77.6 cm³/mol. The van der Waals surface area contributed by atoms with E-state index < -0.39 is 11.7 Å². The van der Waals surface area contributed by atoms with Gasteiger partial charge in [-0.2, -0.15) is 13.2 Å². The van der Waals surface area contributed by atoms with Gasteiger partial charge in [0, 0.05) is 11.4 Å². The van der Waals surface area contributed by atoms with Crippen LogP contribution in [0.15, 0.2) is 47.4 Å². The highest BCUT2D eigenvalue weighted by atomic mass is 32.2. The predicted octanol–water partition coefficient (Wildman–Crippen LogP) is 4.68. The molecule has 0 unspecified atom stereocenters. The summed E-state index contributed by atoms with van der Waals surface area (Å²) < 4.78 is 44.5. The van der Waals surface area contributed by atoms with Gasteiger partial charge in [-0.05, 0) is 36.1 Å². The third-order valence-corrected chi connectivity index (χ3v) is 3.68. The highest BCUT2D eigenvalue weighted by molar-refractivity contribution is 7.98. The molecule has 2 aromatic carbocycles. The van der Waals surface area contributed by atoms with Crippen molar-refractivity contribution in [3.05, 3.63) is 53.6 Å². The third-order valence-electron chi connectivity index (χ3n) is 2.90. The molecular formula is C15H14F3NOS. The van der Waals surface area contributed by atoms with Gasteiger partial charge in [-0.1, -0.05) is 18.2 Å². The number of thioether (sulfide) groups is 1. The molecule has 0 aliphatic rings. The Kier molecular flexibility index (Phi) is 4.80. The second-order valence-electron chi connectivity index (χ2n) is 4.27. The highest BCUT2D eigenvalue weighted by Gasteiger charge is 2.33.